The summed E-state index contributed by atoms with van der Waals surface area (Å²) in [5, 5.41) is 6.85. The molecule has 2 aromatic rings. The Kier molecular flexibility index (Phi) is 8.56. The molecule has 8 nitrogen and oxygen atoms in total. The van der Waals surface area contributed by atoms with Crippen molar-refractivity contribution >= 4 is 29.1 Å². The lowest BCUT2D eigenvalue weighted by Crippen LogP contribution is -2.44. The first-order chi connectivity index (χ1) is 16.3. The lowest BCUT2D eigenvalue weighted by Gasteiger charge is -2.27. The number of carbonyl (C=O) groups is 2. The van der Waals surface area contributed by atoms with E-state index in [0.717, 1.165) is 11.8 Å². The van der Waals surface area contributed by atoms with Crippen LogP contribution in [0.5, 0.6) is 5.75 Å². The summed E-state index contributed by atoms with van der Waals surface area (Å²) in [6.07, 6.45) is 3.45. The van der Waals surface area contributed by atoms with E-state index in [4.69, 9.17) is 27.8 Å². The molecule has 2 amide bonds. The number of carbonyl (C=O) groups excluding carboxylic acids is 2. The highest BCUT2D eigenvalue weighted by molar-refractivity contribution is 6.30. The van der Waals surface area contributed by atoms with Gasteiger partial charge in [0.1, 0.15) is 6.10 Å². The van der Waals surface area contributed by atoms with Crippen molar-refractivity contribution in [2.75, 3.05) is 18.4 Å². The highest BCUT2D eigenvalue weighted by atomic mass is 35.5. The number of amides is 2. The average Bonchev–Trinajstić information content (AvgIpc) is 2.96. The number of nitrogens with zero attached hydrogens (tertiary/aromatic N) is 1. The van der Waals surface area contributed by atoms with Gasteiger partial charge >= 0.3 is 0 Å². The molecule has 0 saturated carbocycles. The Hall–Kier alpha value is -3.49. The SMILES string of the molecule is CC(C)N1C[C@@H](CNCc2ccc(Cl)cc2)Oc2c(NC(=O)C(/C=C\N)=C/N)cccc2C1=O. The summed E-state index contributed by atoms with van der Waals surface area (Å²) < 4.78 is 6.32. The van der Waals surface area contributed by atoms with E-state index in [-0.39, 0.29) is 23.6 Å². The summed E-state index contributed by atoms with van der Waals surface area (Å²) in [7, 11) is 0. The number of anilines is 1. The van der Waals surface area contributed by atoms with E-state index in [1.807, 2.05) is 38.1 Å². The molecule has 2 aromatic carbocycles. The van der Waals surface area contributed by atoms with Crippen LogP contribution in [0.25, 0.3) is 0 Å². The van der Waals surface area contributed by atoms with Crippen LogP contribution in [-0.2, 0) is 11.3 Å². The first-order valence-electron chi connectivity index (χ1n) is 11.0. The first-order valence-corrected chi connectivity index (χ1v) is 11.4. The molecule has 0 aliphatic carbocycles. The van der Waals surface area contributed by atoms with Gasteiger partial charge in [0.25, 0.3) is 11.8 Å². The maximum absolute atomic E-state index is 13.3. The number of benzene rings is 2. The fraction of sp³-hybridized carbons (Fsp3) is 0.280. The minimum Gasteiger partial charge on any atom is -0.484 e. The molecule has 0 aromatic heterocycles. The first kappa shape index (κ1) is 25.1. The number of ether oxygens (including phenoxy) is 1. The number of hydrogen-bond acceptors (Lipinski definition) is 6. The number of hydrogen-bond donors (Lipinski definition) is 4. The van der Waals surface area contributed by atoms with Crippen LogP contribution >= 0.6 is 11.6 Å². The van der Waals surface area contributed by atoms with Crippen molar-refractivity contribution in [1.82, 2.24) is 10.2 Å². The number of fused-ring (bicyclic) bond motifs is 1. The van der Waals surface area contributed by atoms with Crippen molar-refractivity contribution in [2.24, 2.45) is 11.5 Å². The molecule has 9 heteroatoms. The van der Waals surface area contributed by atoms with Gasteiger partial charge in [0, 0.05) is 30.4 Å². The second-order valence-electron chi connectivity index (χ2n) is 8.17. The van der Waals surface area contributed by atoms with Crippen LogP contribution in [0.2, 0.25) is 5.02 Å². The third-order valence-corrected chi connectivity index (χ3v) is 5.65. The van der Waals surface area contributed by atoms with Crippen molar-refractivity contribution in [3.8, 4) is 5.75 Å². The van der Waals surface area contributed by atoms with Gasteiger partial charge in [-0.3, -0.25) is 9.59 Å². The highest BCUT2D eigenvalue weighted by Crippen LogP contribution is 2.34. The topological polar surface area (TPSA) is 123 Å². The third kappa shape index (κ3) is 6.09. The van der Waals surface area contributed by atoms with Crippen LogP contribution in [0.3, 0.4) is 0 Å². The van der Waals surface area contributed by atoms with Gasteiger partial charge < -0.3 is 31.7 Å². The van der Waals surface area contributed by atoms with Gasteiger partial charge in [-0.25, -0.2) is 0 Å². The fourth-order valence-electron chi connectivity index (χ4n) is 3.63. The average molecular weight is 484 g/mol. The Bertz CT molecular complexity index is 1080. The summed E-state index contributed by atoms with van der Waals surface area (Å²) in [5.41, 5.74) is 13.0. The maximum Gasteiger partial charge on any atom is 0.258 e. The van der Waals surface area contributed by atoms with Gasteiger partial charge in [-0.1, -0.05) is 29.8 Å². The lowest BCUT2D eigenvalue weighted by atomic mass is 10.1. The summed E-state index contributed by atoms with van der Waals surface area (Å²) >= 11 is 5.96. The molecule has 0 bridgehead atoms. The van der Waals surface area contributed by atoms with E-state index >= 15 is 0 Å². The van der Waals surface area contributed by atoms with Crippen LogP contribution in [-0.4, -0.2) is 41.9 Å². The van der Waals surface area contributed by atoms with Gasteiger partial charge in [0.2, 0.25) is 0 Å². The molecular weight excluding hydrogens is 454 g/mol. The zero-order valence-electron chi connectivity index (χ0n) is 19.3. The number of halogens is 1. The van der Waals surface area contributed by atoms with Crippen molar-refractivity contribution in [3.63, 3.8) is 0 Å². The summed E-state index contributed by atoms with van der Waals surface area (Å²) in [5.74, 6) is -0.288. The fourth-order valence-corrected chi connectivity index (χ4v) is 3.75. The van der Waals surface area contributed by atoms with E-state index in [2.05, 4.69) is 10.6 Å². The zero-order valence-corrected chi connectivity index (χ0v) is 20.0. The third-order valence-electron chi connectivity index (χ3n) is 5.39. The van der Waals surface area contributed by atoms with Crippen LogP contribution < -0.4 is 26.8 Å². The molecule has 180 valence electrons. The lowest BCUT2D eigenvalue weighted by molar-refractivity contribution is -0.112. The van der Waals surface area contributed by atoms with E-state index in [9.17, 15) is 9.59 Å². The monoisotopic (exact) mass is 483 g/mol. The predicted molar refractivity (Wildman–Crippen MR) is 134 cm³/mol. The van der Waals surface area contributed by atoms with Crippen LogP contribution in [0, 0.1) is 0 Å². The Morgan fingerprint density at radius 1 is 1.24 bits per heavy atom. The van der Waals surface area contributed by atoms with E-state index in [0.29, 0.717) is 41.7 Å². The molecule has 1 heterocycles. The minimum atomic E-state index is -0.462. The van der Waals surface area contributed by atoms with E-state index in [1.54, 1.807) is 23.1 Å². The van der Waals surface area contributed by atoms with Crippen LogP contribution in [0.4, 0.5) is 5.69 Å². The Morgan fingerprint density at radius 2 is 1.97 bits per heavy atom. The van der Waals surface area contributed by atoms with E-state index < -0.39 is 5.91 Å². The molecule has 0 radical (unpaired) electrons. The maximum atomic E-state index is 13.3. The molecule has 1 atom stereocenters. The molecule has 0 spiro atoms. The van der Waals surface area contributed by atoms with E-state index in [1.165, 1.54) is 12.3 Å². The predicted octanol–water partition coefficient (Wildman–Crippen LogP) is 2.99. The summed E-state index contributed by atoms with van der Waals surface area (Å²) in [4.78, 5) is 27.7. The molecule has 3 rings (SSSR count). The Labute approximate surface area is 204 Å². The molecule has 34 heavy (non-hydrogen) atoms. The molecular formula is C25H30ClN5O3. The standard InChI is InChI=1S/C25H30ClN5O3/c1-16(2)31-15-20(14-29-13-17-6-8-19(26)9-7-17)34-23-21(25(31)33)4-3-5-22(23)30-24(32)18(12-28)10-11-27/h3-12,16,20,29H,13-15,27-28H2,1-2H3,(H,30,32)/b11-10-,18-12+/t20-/m1/s1. The van der Waals surface area contributed by atoms with Gasteiger partial charge in [-0.05, 0) is 56.0 Å². The smallest absolute Gasteiger partial charge is 0.258 e. The second kappa shape index (κ2) is 11.6. The van der Waals surface area contributed by atoms with Crippen molar-refractivity contribution in [2.45, 2.75) is 32.5 Å². The van der Waals surface area contributed by atoms with Crippen molar-refractivity contribution in [3.05, 3.63) is 82.7 Å². The van der Waals surface area contributed by atoms with Gasteiger partial charge in [0.15, 0.2) is 5.75 Å². The molecule has 0 saturated heterocycles. The minimum absolute atomic E-state index is 0.0273. The largest absolute Gasteiger partial charge is 0.484 e. The molecule has 0 fully saturated rings. The second-order valence-corrected chi connectivity index (χ2v) is 8.60. The number of para-hydroxylation sites is 1. The molecule has 1 aliphatic rings. The van der Waals surface area contributed by atoms with Gasteiger partial charge in [-0.2, -0.15) is 0 Å². The van der Waals surface area contributed by atoms with Crippen LogP contribution in [0.1, 0.15) is 29.8 Å². The summed E-state index contributed by atoms with van der Waals surface area (Å²) in [6.45, 7) is 5.43. The number of nitrogens with two attached hydrogens (primary N) is 2. The van der Waals surface area contributed by atoms with Gasteiger partial charge in [-0.15, -0.1) is 0 Å². The quantitative estimate of drug-likeness (QED) is 0.338. The Morgan fingerprint density at radius 3 is 2.62 bits per heavy atom. The van der Waals surface area contributed by atoms with Crippen LogP contribution in [0.15, 0.2) is 66.5 Å². The number of rotatable bonds is 8. The zero-order chi connectivity index (χ0) is 24.7. The normalized spacial score (nSPS) is 16.4. The number of nitrogens with one attached hydrogen (secondary N) is 2. The van der Waals surface area contributed by atoms with Gasteiger partial charge in [0.05, 0.1) is 23.4 Å². The summed E-state index contributed by atoms with van der Waals surface area (Å²) in [6, 6.07) is 12.7. The van der Waals surface area contributed by atoms with Crippen molar-refractivity contribution in [1.29, 1.82) is 0 Å². The van der Waals surface area contributed by atoms with Crippen molar-refractivity contribution < 1.29 is 14.3 Å². The molecule has 0 unspecified atom stereocenters. The molecule has 6 N–H and O–H groups in total. The Balaban J connectivity index is 1.84. The molecule has 1 aliphatic heterocycles. The highest BCUT2D eigenvalue weighted by Gasteiger charge is 2.32.